The van der Waals surface area contributed by atoms with E-state index >= 15 is 0 Å². The first-order valence-corrected chi connectivity index (χ1v) is 26.8. The molecule has 8 rings (SSSR count). The first-order valence-electron chi connectivity index (χ1n) is 27.6. The number of rotatable bonds is 16. The number of aromatic nitrogens is 2. The van der Waals surface area contributed by atoms with Gasteiger partial charge >= 0.3 is 42.0 Å². The van der Waals surface area contributed by atoms with Crippen molar-refractivity contribution in [2.75, 3.05) is 55.7 Å². The van der Waals surface area contributed by atoms with Gasteiger partial charge in [0.2, 0.25) is 5.91 Å². The molecule has 1 unspecified atom stereocenters. The number of fused-ring (bicyclic) bond motifs is 2. The number of carboxylic acid groups (broad SMARTS) is 1. The fourth-order valence-electron chi connectivity index (χ4n) is 9.50. The van der Waals surface area contributed by atoms with E-state index in [0.29, 0.717) is 66.0 Å². The van der Waals surface area contributed by atoms with E-state index in [4.69, 9.17) is 57.1 Å². The third-order valence-electron chi connectivity index (χ3n) is 13.9. The van der Waals surface area contributed by atoms with Crippen molar-refractivity contribution in [2.24, 2.45) is 11.8 Å². The van der Waals surface area contributed by atoms with Crippen LogP contribution in [-0.2, 0) is 47.6 Å². The molecule has 2 saturated heterocycles. The molecule has 28 heteroatoms. The first-order chi connectivity index (χ1) is 41.0. The minimum absolute atomic E-state index is 0. The first kappa shape index (κ1) is 67.8. The van der Waals surface area contributed by atoms with Crippen LogP contribution >= 0.6 is 11.8 Å². The average Bonchev–Trinajstić information content (AvgIpc) is 1.61. The summed E-state index contributed by atoms with van der Waals surface area (Å²) >= 11 is 5.40. The van der Waals surface area contributed by atoms with Gasteiger partial charge in [-0.1, -0.05) is 12.2 Å². The number of likely N-dealkylation sites (tertiary alicyclic amines) is 2. The fraction of sp³-hybridized carbons (Fsp3) is 0.483. The van der Waals surface area contributed by atoms with E-state index in [-0.39, 0.29) is 86.2 Å². The van der Waals surface area contributed by atoms with Crippen LogP contribution in [0, 0.1) is 42.9 Å². The van der Waals surface area contributed by atoms with Crippen molar-refractivity contribution in [1.29, 1.82) is 2.67 Å². The van der Waals surface area contributed by atoms with E-state index < -0.39 is 88.5 Å². The van der Waals surface area contributed by atoms with E-state index in [2.05, 4.69) is 38.0 Å². The van der Waals surface area contributed by atoms with Crippen LogP contribution in [0.3, 0.4) is 0 Å². The zero-order chi connectivity index (χ0) is 64.9. The molecule has 2 aliphatic heterocycles. The Morgan fingerprint density at radius 3 is 1.41 bits per heavy atom. The normalized spacial score (nSPS) is 22.6. The average molecular weight is 1450 g/mol. The summed E-state index contributed by atoms with van der Waals surface area (Å²) < 4.78 is 64.5. The third kappa shape index (κ3) is 16.6. The molecule has 3 amide bonds. The number of nitrogens with zero attached hydrogens (tertiary/aromatic N) is 4. The molecule has 1 radical (unpaired) electrons. The number of carbonyl (C=O) groups excluding carboxylic acids is 7. The number of hydrogen-bond donors (Lipinski definition) is 3. The number of nitrogens with one attached hydrogen (secondary N) is 2. The summed E-state index contributed by atoms with van der Waals surface area (Å²) in [4.78, 5) is 113. The Hall–Kier alpha value is -7.33. The molecule has 86 heavy (non-hydrogen) atoms. The van der Waals surface area contributed by atoms with Crippen molar-refractivity contribution >= 4 is 89.9 Å². The topological polar surface area (TPSA) is 305 Å². The molecule has 8 atom stereocenters. The molecule has 4 aromatic rings. The predicted molar refractivity (Wildman–Crippen MR) is 310 cm³/mol. The number of methoxy groups -OCH3 is 6. The molecule has 463 valence electrons. The number of amides is 3. The standard InChI is InChI=1S/C29H35N3O9.C22H26N2O8.C7H10ClNO2.BH2.U/c1-8-16-14-29(16,26(35)39-7)31-24(33)22-12-18(15-32(22)27(36)41-28(2,3)4)40-23-13-21(25(34)38-6)30-20-11-17(37-5)9-10-19(20)23;1-22(2,3)32-21(28)24-11-13(9-17(24)19(25)26)31-18-10-16(20(27)30-5)23-15-8-12(29-4)6-7-14(15)18;1-3-5-4-7(5,9-8)6(10)11-2;;/h8-11,13,16,18,22H,1,12,14-15H2,2-7H3,(H,31,33);6-8,10,13,17H,9,11H2,1-5H3,(H,25,26);3,5,9H,1,4H2,2H3;1H2;/t16-,18+,22-,29+;13-,17+;5?,7-;;/m011../s1/i;;;1T2;. The number of pyridine rings is 2. The summed E-state index contributed by atoms with van der Waals surface area (Å²) in [5.74, 6) is -2.39. The van der Waals surface area contributed by atoms with Crippen molar-refractivity contribution in [3.05, 3.63) is 85.2 Å². The van der Waals surface area contributed by atoms with Gasteiger partial charge in [0.15, 0.2) is 11.4 Å². The zero-order valence-electron chi connectivity index (χ0n) is 51.9. The number of halogens is 1. The number of benzene rings is 2. The Balaban J connectivity index is 0.000000311. The number of aliphatic carboxylic acids is 1. The number of esters is 4. The molecular weight excluding hydrogens is 1370 g/mol. The molecular formula is C58H73BClN6O19U. The van der Waals surface area contributed by atoms with Crippen LogP contribution in [0.25, 0.3) is 21.8 Å². The number of carbonyl (C=O) groups is 8. The van der Waals surface area contributed by atoms with E-state index in [9.17, 15) is 43.5 Å². The number of carboxylic acids is 1. The van der Waals surface area contributed by atoms with Gasteiger partial charge in [0.05, 0.1) is 75.1 Å². The van der Waals surface area contributed by atoms with E-state index in [1.807, 2.05) is 0 Å². The molecule has 2 aliphatic carbocycles. The molecule has 3 N–H and O–H groups in total. The Kier molecular flexibility index (Phi) is 23.2. The summed E-state index contributed by atoms with van der Waals surface area (Å²) in [6.45, 7) is 17.6. The van der Waals surface area contributed by atoms with Crippen LogP contribution in [0.2, 0.25) is 0 Å². The van der Waals surface area contributed by atoms with Crippen LogP contribution in [0.4, 0.5) is 9.59 Å². The van der Waals surface area contributed by atoms with Gasteiger partial charge in [-0.25, -0.2) is 48.4 Å². The monoisotopic (exact) mass is 1450 g/mol. The van der Waals surface area contributed by atoms with Gasteiger partial charge in [-0.05, 0) is 93.1 Å². The summed E-state index contributed by atoms with van der Waals surface area (Å²) in [6.07, 6.45) is 1.72. The van der Waals surface area contributed by atoms with E-state index in [1.165, 1.54) is 59.7 Å². The van der Waals surface area contributed by atoms with Gasteiger partial charge in [-0.15, -0.1) is 13.2 Å². The molecule has 0 spiro atoms. The fourth-order valence-corrected chi connectivity index (χ4v) is 9.79. The number of ether oxygens (including phenoxy) is 10. The second-order valence-electron chi connectivity index (χ2n) is 21.9. The Labute approximate surface area is 531 Å². The summed E-state index contributed by atoms with van der Waals surface area (Å²) in [5, 5.41) is 13.6. The summed E-state index contributed by atoms with van der Waals surface area (Å²) in [6, 6.07) is 11.0. The van der Waals surface area contributed by atoms with Crippen molar-refractivity contribution < 1.29 is 122 Å². The Morgan fingerprint density at radius 1 is 0.663 bits per heavy atom. The van der Waals surface area contributed by atoms with Crippen LogP contribution < -0.4 is 29.1 Å². The van der Waals surface area contributed by atoms with E-state index in [0.717, 1.165) is 4.90 Å². The molecule has 25 nitrogen and oxygen atoms in total. The molecule has 4 heterocycles. The van der Waals surface area contributed by atoms with Gasteiger partial charge in [-0.3, -0.25) is 14.6 Å². The minimum atomic E-state index is -1.23. The van der Waals surface area contributed by atoms with Crippen LogP contribution in [0.5, 0.6) is 23.0 Å². The predicted octanol–water partition coefficient (Wildman–Crippen LogP) is 5.82. The summed E-state index contributed by atoms with van der Waals surface area (Å²) in [7, 11) is 8.61. The molecule has 2 saturated carbocycles. The maximum absolute atomic E-state index is 13.6. The van der Waals surface area contributed by atoms with Crippen LogP contribution in [0.15, 0.2) is 73.8 Å². The summed E-state index contributed by atoms with van der Waals surface area (Å²) in [5.41, 5.74) is -2.59. The second kappa shape index (κ2) is 29.4. The van der Waals surface area contributed by atoms with Crippen molar-refractivity contribution in [3.8, 4) is 23.0 Å². The van der Waals surface area contributed by atoms with Crippen LogP contribution in [-0.4, -0.2) is 186 Å². The zero-order valence-corrected chi connectivity index (χ0v) is 54.9. The van der Waals surface area contributed by atoms with Gasteiger partial charge in [0.1, 0.15) is 69.6 Å². The van der Waals surface area contributed by atoms with Gasteiger partial charge in [-0.2, -0.15) is 0 Å². The third-order valence-corrected chi connectivity index (χ3v) is 14.3. The minimum Gasteiger partial charge on any atom is -0.497 e. The van der Waals surface area contributed by atoms with Gasteiger partial charge in [0, 0.05) is 90.8 Å². The van der Waals surface area contributed by atoms with Gasteiger partial charge < -0.3 is 57.8 Å². The largest absolute Gasteiger partial charge is 0.497 e. The SMILES string of the molecule is C=CC1C[C@]1(NCl)C(=O)OC.C=C[C@H]1C[C@]1(NC(=O)[C@@H]1C[C@@H](Oc2cc(C(=O)OC)nc3cc(OC)ccc23)CN1C(=O)OC(C)(C)C)C(=O)OC.COC(=O)c1cc(O[C@@H]2C[C@@H](C(=O)O)N(C(=O)OC(C)(C)C)C2)c2ccc(OC)cc2n1.[3H][B][3H].[U]. The van der Waals surface area contributed by atoms with Crippen molar-refractivity contribution in [3.63, 3.8) is 0 Å². The van der Waals surface area contributed by atoms with Gasteiger partial charge in [0.25, 0.3) is 0 Å². The van der Waals surface area contributed by atoms with Crippen molar-refractivity contribution in [1.82, 2.24) is 29.9 Å². The quantitative estimate of drug-likeness (QED) is 0.0391. The smallest absolute Gasteiger partial charge is 0.411 e. The molecule has 2 aromatic heterocycles. The Morgan fingerprint density at radius 2 is 1.06 bits per heavy atom. The molecule has 4 aliphatic rings. The maximum atomic E-state index is 13.6. The molecule has 2 aromatic carbocycles. The van der Waals surface area contributed by atoms with E-state index in [1.54, 1.807) is 90.1 Å². The van der Waals surface area contributed by atoms with Crippen molar-refractivity contribution in [2.45, 2.75) is 114 Å². The maximum Gasteiger partial charge on any atom is 0.411 e. The molecule has 4 fully saturated rings. The van der Waals surface area contributed by atoms with Crippen LogP contribution in [0.1, 0.15) is 88.2 Å². The Bertz CT molecular complexity index is 3250. The number of hydrogen-bond acceptors (Lipinski definition) is 21. The molecule has 0 bridgehead atoms. The second-order valence-corrected chi connectivity index (χ2v) is 22.1.